The number of halogens is 4. The second-order valence-corrected chi connectivity index (χ2v) is 9.51. The highest BCUT2D eigenvalue weighted by molar-refractivity contribution is 5.93. The average molecular weight is 495 g/mol. The van der Waals surface area contributed by atoms with Crippen LogP contribution < -0.4 is 11.1 Å². The minimum Gasteiger partial charge on any atom is -0.366 e. The number of likely N-dealkylation sites (N-methyl/N-ethyl adjacent to an activating group) is 1. The third kappa shape index (κ3) is 6.17. The van der Waals surface area contributed by atoms with Crippen molar-refractivity contribution in [1.82, 2.24) is 15.2 Å². The Morgan fingerprint density at radius 2 is 1.89 bits per heavy atom. The van der Waals surface area contributed by atoms with Crippen LogP contribution in [0, 0.1) is 18.2 Å². The summed E-state index contributed by atoms with van der Waals surface area (Å²) in [6, 6.07) is 5.52. The lowest BCUT2D eigenvalue weighted by molar-refractivity contribution is -0.194. The first-order valence-electron chi connectivity index (χ1n) is 11.3. The van der Waals surface area contributed by atoms with Crippen molar-refractivity contribution in [1.29, 1.82) is 0 Å². The smallest absolute Gasteiger partial charge is 0.366 e. The standard InChI is InChI=1S/C25H30F4N4O2/c1-15-8-17(13-31-12-15)20(24(6-7-24)25(27,28)29)11-22(34)32-14-18(33(2)3)9-16-4-5-19(23(30)35)21(26)10-16/h4-5,8,10,12-13,18,20H,6-7,9,11,14H2,1-3H3,(H2,30,35)(H,32,34)/t18-,20?/m0/s1. The van der Waals surface area contributed by atoms with E-state index in [2.05, 4.69) is 10.3 Å². The minimum absolute atomic E-state index is 0.0183. The molecule has 3 rings (SSSR count). The van der Waals surface area contributed by atoms with Crippen LogP contribution in [0.2, 0.25) is 0 Å². The van der Waals surface area contributed by atoms with Gasteiger partial charge < -0.3 is 16.0 Å². The third-order valence-corrected chi connectivity index (χ3v) is 6.74. The van der Waals surface area contributed by atoms with Gasteiger partial charge in [0.2, 0.25) is 5.91 Å². The molecular weight excluding hydrogens is 464 g/mol. The number of aryl methyl sites for hydroxylation is 1. The van der Waals surface area contributed by atoms with E-state index in [1.54, 1.807) is 39.3 Å². The van der Waals surface area contributed by atoms with Crippen molar-refractivity contribution in [2.75, 3.05) is 20.6 Å². The highest BCUT2D eigenvalue weighted by atomic mass is 19.4. The number of alkyl halides is 3. The normalized spacial score (nSPS) is 16.6. The predicted molar refractivity (Wildman–Crippen MR) is 123 cm³/mol. The van der Waals surface area contributed by atoms with E-state index in [9.17, 15) is 27.2 Å². The van der Waals surface area contributed by atoms with Crippen LogP contribution in [-0.2, 0) is 11.2 Å². The van der Waals surface area contributed by atoms with Gasteiger partial charge in [-0.1, -0.05) is 12.1 Å². The number of pyridine rings is 1. The fourth-order valence-electron chi connectivity index (χ4n) is 4.45. The van der Waals surface area contributed by atoms with E-state index in [1.165, 1.54) is 18.3 Å². The number of hydrogen-bond donors (Lipinski definition) is 2. The van der Waals surface area contributed by atoms with Crippen molar-refractivity contribution in [2.45, 2.75) is 50.7 Å². The summed E-state index contributed by atoms with van der Waals surface area (Å²) in [5, 5.41) is 2.76. The molecule has 1 aliphatic carbocycles. The van der Waals surface area contributed by atoms with Crippen molar-refractivity contribution in [3.8, 4) is 0 Å². The quantitative estimate of drug-likeness (QED) is 0.493. The van der Waals surface area contributed by atoms with Gasteiger partial charge in [-0.2, -0.15) is 13.2 Å². The van der Waals surface area contributed by atoms with E-state index in [1.807, 2.05) is 4.90 Å². The Morgan fingerprint density at radius 3 is 2.40 bits per heavy atom. The maximum Gasteiger partial charge on any atom is 0.395 e. The van der Waals surface area contributed by atoms with E-state index in [0.29, 0.717) is 17.5 Å². The summed E-state index contributed by atoms with van der Waals surface area (Å²) in [6.07, 6.45) is -1.45. The lowest BCUT2D eigenvalue weighted by Crippen LogP contribution is -2.42. The van der Waals surface area contributed by atoms with Gasteiger partial charge in [0.1, 0.15) is 5.82 Å². The Hall–Kier alpha value is -3.01. The molecule has 190 valence electrons. The monoisotopic (exact) mass is 494 g/mol. The minimum atomic E-state index is -4.42. The number of carbonyl (C=O) groups excluding carboxylic acids is 2. The van der Waals surface area contributed by atoms with Gasteiger partial charge in [-0.15, -0.1) is 0 Å². The molecule has 1 saturated carbocycles. The molecule has 2 atom stereocenters. The number of nitrogens with two attached hydrogens (primary N) is 1. The van der Waals surface area contributed by atoms with Crippen molar-refractivity contribution in [3.05, 3.63) is 64.7 Å². The SMILES string of the molecule is Cc1cncc(C(CC(=O)NC[C@H](Cc2ccc(C(N)=O)c(F)c2)N(C)C)C2(C(F)(F)F)CC2)c1. The summed E-state index contributed by atoms with van der Waals surface area (Å²) in [6.45, 7) is 1.91. The van der Waals surface area contributed by atoms with Gasteiger partial charge in [-0.3, -0.25) is 14.6 Å². The maximum atomic E-state index is 14.1. The van der Waals surface area contributed by atoms with Crippen LogP contribution in [-0.4, -0.2) is 54.6 Å². The van der Waals surface area contributed by atoms with Crippen LogP contribution in [0.3, 0.4) is 0 Å². The van der Waals surface area contributed by atoms with Gasteiger partial charge in [-0.25, -0.2) is 4.39 Å². The van der Waals surface area contributed by atoms with Crippen LogP contribution in [0.4, 0.5) is 17.6 Å². The number of nitrogens with one attached hydrogen (secondary N) is 1. The highest BCUT2D eigenvalue weighted by Gasteiger charge is 2.67. The number of nitrogens with zero attached hydrogens (tertiary/aromatic N) is 2. The fraction of sp³-hybridized carbons (Fsp3) is 0.480. The summed E-state index contributed by atoms with van der Waals surface area (Å²) in [4.78, 5) is 29.9. The van der Waals surface area contributed by atoms with E-state index >= 15 is 0 Å². The number of primary amides is 1. The zero-order chi connectivity index (χ0) is 26.0. The van der Waals surface area contributed by atoms with Crippen LogP contribution in [0.25, 0.3) is 0 Å². The van der Waals surface area contributed by atoms with E-state index in [0.717, 1.165) is 5.56 Å². The molecule has 0 aliphatic heterocycles. The molecule has 35 heavy (non-hydrogen) atoms. The molecular formula is C25H30F4N4O2. The average Bonchev–Trinajstić information content (AvgIpc) is 3.56. The topological polar surface area (TPSA) is 88.3 Å². The molecule has 0 radical (unpaired) electrons. The first kappa shape index (κ1) is 26.6. The van der Waals surface area contributed by atoms with E-state index in [-0.39, 0.29) is 37.4 Å². The van der Waals surface area contributed by atoms with Crippen LogP contribution >= 0.6 is 0 Å². The molecule has 2 amide bonds. The Bertz CT molecular complexity index is 1080. The first-order chi connectivity index (χ1) is 16.3. The summed E-state index contributed by atoms with van der Waals surface area (Å²) in [7, 11) is 3.57. The van der Waals surface area contributed by atoms with Gasteiger partial charge in [0, 0.05) is 37.3 Å². The zero-order valence-electron chi connectivity index (χ0n) is 20.0. The molecule has 1 heterocycles. The molecule has 1 aromatic carbocycles. The molecule has 0 spiro atoms. The summed E-state index contributed by atoms with van der Waals surface area (Å²) in [5.41, 5.74) is 4.74. The number of hydrogen-bond acceptors (Lipinski definition) is 4. The van der Waals surface area contributed by atoms with Gasteiger partial charge in [-0.05, 0) is 69.1 Å². The first-order valence-corrected chi connectivity index (χ1v) is 11.3. The van der Waals surface area contributed by atoms with Crippen molar-refractivity contribution >= 4 is 11.8 Å². The third-order valence-electron chi connectivity index (χ3n) is 6.74. The largest absolute Gasteiger partial charge is 0.395 e. The predicted octanol–water partition coefficient (Wildman–Crippen LogP) is 3.73. The maximum absolute atomic E-state index is 14.1. The number of amides is 2. The van der Waals surface area contributed by atoms with Crippen molar-refractivity contribution in [2.24, 2.45) is 11.1 Å². The molecule has 1 aliphatic rings. The molecule has 0 bridgehead atoms. The number of aromatic nitrogens is 1. The Balaban J connectivity index is 1.71. The Kier molecular flexibility index (Phi) is 7.83. The number of carbonyl (C=O) groups is 2. The van der Waals surface area contributed by atoms with Crippen LogP contribution in [0.5, 0.6) is 0 Å². The molecule has 1 fully saturated rings. The second-order valence-electron chi connectivity index (χ2n) is 9.51. The van der Waals surface area contributed by atoms with E-state index < -0.39 is 35.1 Å². The Morgan fingerprint density at radius 1 is 1.20 bits per heavy atom. The molecule has 10 heteroatoms. The molecule has 6 nitrogen and oxygen atoms in total. The van der Waals surface area contributed by atoms with Gasteiger partial charge in [0.25, 0.3) is 5.91 Å². The van der Waals surface area contributed by atoms with Crippen molar-refractivity contribution < 1.29 is 27.2 Å². The zero-order valence-corrected chi connectivity index (χ0v) is 20.0. The fourth-order valence-corrected chi connectivity index (χ4v) is 4.45. The lowest BCUT2D eigenvalue weighted by atomic mass is 9.80. The number of benzene rings is 1. The van der Waals surface area contributed by atoms with Crippen molar-refractivity contribution in [3.63, 3.8) is 0 Å². The molecule has 1 aromatic heterocycles. The molecule has 3 N–H and O–H groups in total. The highest BCUT2D eigenvalue weighted by Crippen LogP contribution is 2.66. The molecule has 0 saturated heterocycles. The summed E-state index contributed by atoms with van der Waals surface area (Å²) in [5.74, 6) is -3.11. The van der Waals surface area contributed by atoms with Crippen LogP contribution in [0.1, 0.15) is 52.2 Å². The summed E-state index contributed by atoms with van der Waals surface area (Å²) < 4.78 is 55.9. The lowest BCUT2D eigenvalue weighted by Gasteiger charge is -2.30. The van der Waals surface area contributed by atoms with Gasteiger partial charge in [0.05, 0.1) is 11.0 Å². The van der Waals surface area contributed by atoms with Crippen LogP contribution in [0.15, 0.2) is 36.7 Å². The summed E-state index contributed by atoms with van der Waals surface area (Å²) >= 11 is 0. The molecule has 1 unspecified atom stereocenters. The number of rotatable bonds is 10. The van der Waals surface area contributed by atoms with Gasteiger partial charge in [0.15, 0.2) is 0 Å². The second kappa shape index (κ2) is 10.3. The molecule has 2 aromatic rings. The Labute approximate surface area is 201 Å². The van der Waals surface area contributed by atoms with E-state index in [4.69, 9.17) is 5.73 Å². The van der Waals surface area contributed by atoms with Gasteiger partial charge >= 0.3 is 6.18 Å².